The van der Waals surface area contributed by atoms with Crippen molar-refractivity contribution in [3.63, 3.8) is 0 Å². The van der Waals surface area contributed by atoms with Gasteiger partial charge in [0.15, 0.2) is 11.3 Å². The topological polar surface area (TPSA) is 45.5 Å². The lowest BCUT2D eigenvalue weighted by atomic mass is 10.3. The highest BCUT2D eigenvalue weighted by atomic mass is 19.4. The number of fused-ring (bicyclic) bond motifs is 1. The van der Waals surface area contributed by atoms with Crippen molar-refractivity contribution in [2.45, 2.75) is 6.18 Å². The van der Waals surface area contributed by atoms with Gasteiger partial charge < -0.3 is 10.2 Å². The summed E-state index contributed by atoms with van der Waals surface area (Å²) in [5.74, 6) is 0. The Hall–Kier alpha value is -1.83. The average Bonchev–Trinajstić information content (AvgIpc) is 2.82. The number of nitrogens with zero attached hydrogens (tertiary/aromatic N) is 4. The van der Waals surface area contributed by atoms with Crippen LogP contribution < -0.4 is 10.2 Å². The molecule has 0 radical (unpaired) electrons. The van der Waals surface area contributed by atoms with E-state index in [4.69, 9.17) is 0 Å². The maximum Gasteiger partial charge on any atom is 0.435 e. The molecule has 19 heavy (non-hydrogen) atoms. The van der Waals surface area contributed by atoms with Gasteiger partial charge in [0.2, 0.25) is 0 Å². The molecule has 2 aromatic rings. The van der Waals surface area contributed by atoms with Crippen molar-refractivity contribution in [2.75, 3.05) is 31.1 Å². The van der Waals surface area contributed by atoms with Gasteiger partial charge in [-0.3, -0.25) is 0 Å². The number of hydrogen-bond acceptors (Lipinski definition) is 4. The molecule has 0 unspecified atom stereocenters. The minimum Gasteiger partial charge on any atom is -0.366 e. The highest BCUT2D eigenvalue weighted by molar-refractivity contribution is 5.49. The van der Waals surface area contributed by atoms with Gasteiger partial charge in [-0.1, -0.05) is 0 Å². The third kappa shape index (κ3) is 2.35. The first-order valence-corrected chi connectivity index (χ1v) is 5.92. The van der Waals surface area contributed by atoms with Crippen LogP contribution >= 0.6 is 0 Å². The molecule has 0 aromatic carbocycles. The zero-order chi connectivity index (χ0) is 13.5. The van der Waals surface area contributed by atoms with E-state index in [0.29, 0.717) is 0 Å². The molecule has 3 rings (SSSR count). The second kappa shape index (κ2) is 4.37. The van der Waals surface area contributed by atoms with Crippen LogP contribution in [0.3, 0.4) is 0 Å². The molecule has 1 N–H and O–H groups in total. The standard InChI is InChI=1S/C11H12F3N5/c12-11(13,14)9-5-10-16-6-8(7-19(10)17-9)18-3-1-15-2-4-18/h5-7,15H,1-4H2. The molecular formula is C11H12F3N5. The Labute approximate surface area is 107 Å². The van der Waals surface area contributed by atoms with Crippen LogP contribution in [0, 0.1) is 0 Å². The van der Waals surface area contributed by atoms with Gasteiger partial charge in [-0.15, -0.1) is 0 Å². The highest BCUT2D eigenvalue weighted by Gasteiger charge is 2.34. The number of nitrogens with one attached hydrogen (secondary N) is 1. The molecule has 0 bridgehead atoms. The normalized spacial score (nSPS) is 17.1. The second-order valence-corrected chi connectivity index (χ2v) is 4.38. The predicted octanol–water partition coefficient (Wildman–Crippen LogP) is 1.16. The van der Waals surface area contributed by atoms with E-state index in [1.54, 1.807) is 12.4 Å². The molecular weight excluding hydrogens is 259 g/mol. The van der Waals surface area contributed by atoms with Crippen LogP contribution in [0.2, 0.25) is 0 Å². The molecule has 8 heteroatoms. The summed E-state index contributed by atoms with van der Waals surface area (Å²) in [6.45, 7) is 3.32. The van der Waals surface area contributed by atoms with Gasteiger partial charge in [-0.25, -0.2) is 9.50 Å². The van der Waals surface area contributed by atoms with E-state index in [9.17, 15) is 13.2 Å². The first kappa shape index (κ1) is 12.2. The molecule has 5 nitrogen and oxygen atoms in total. The van der Waals surface area contributed by atoms with Gasteiger partial charge in [0.1, 0.15) is 0 Å². The summed E-state index contributed by atoms with van der Waals surface area (Å²) in [5.41, 5.74) is 0.0643. The van der Waals surface area contributed by atoms with Crippen LogP contribution in [0.25, 0.3) is 5.65 Å². The summed E-state index contributed by atoms with van der Waals surface area (Å²) in [7, 11) is 0. The Morgan fingerprint density at radius 3 is 2.63 bits per heavy atom. The first-order chi connectivity index (χ1) is 9.04. The van der Waals surface area contributed by atoms with Crippen LogP contribution in [-0.4, -0.2) is 40.8 Å². The third-order valence-electron chi connectivity index (χ3n) is 3.07. The van der Waals surface area contributed by atoms with E-state index in [1.807, 2.05) is 0 Å². The molecule has 3 heterocycles. The zero-order valence-electron chi connectivity index (χ0n) is 9.98. The molecule has 0 saturated carbocycles. The number of hydrogen-bond donors (Lipinski definition) is 1. The lowest BCUT2D eigenvalue weighted by Gasteiger charge is -2.28. The van der Waals surface area contributed by atoms with E-state index in [0.717, 1.165) is 37.9 Å². The zero-order valence-corrected chi connectivity index (χ0v) is 9.98. The number of piperazine rings is 1. The SMILES string of the molecule is FC(F)(F)c1cc2ncc(N3CCNCC3)cn2n1. The van der Waals surface area contributed by atoms with Gasteiger partial charge >= 0.3 is 6.18 Å². The van der Waals surface area contributed by atoms with Crippen molar-refractivity contribution >= 4 is 11.3 Å². The van der Waals surface area contributed by atoms with Crippen molar-refractivity contribution in [3.8, 4) is 0 Å². The average molecular weight is 271 g/mol. The number of alkyl halides is 3. The van der Waals surface area contributed by atoms with Crippen molar-refractivity contribution in [1.29, 1.82) is 0 Å². The van der Waals surface area contributed by atoms with Crippen LogP contribution in [0.1, 0.15) is 5.69 Å². The number of anilines is 1. The molecule has 1 fully saturated rings. The van der Waals surface area contributed by atoms with E-state index in [2.05, 4.69) is 20.3 Å². The summed E-state index contributed by atoms with van der Waals surface area (Å²) in [5, 5.41) is 6.74. The lowest BCUT2D eigenvalue weighted by molar-refractivity contribution is -0.141. The van der Waals surface area contributed by atoms with Crippen molar-refractivity contribution in [2.24, 2.45) is 0 Å². The third-order valence-corrected chi connectivity index (χ3v) is 3.07. The van der Waals surface area contributed by atoms with Crippen LogP contribution in [0.4, 0.5) is 18.9 Å². The maximum absolute atomic E-state index is 12.6. The fourth-order valence-electron chi connectivity index (χ4n) is 2.09. The molecule has 1 aliphatic heterocycles. The Morgan fingerprint density at radius 2 is 1.95 bits per heavy atom. The summed E-state index contributed by atoms with van der Waals surface area (Å²) >= 11 is 0. The summed E-state index contributed by atoms with van der Waals surface area (Å²) < 4.78 is 38.9. The maximum atomic E-state index is 12.6. The molecule has 1 aliphatic rings. The van der Waals surface area contributed by atoms with Gasteiger partial charge in [0, 0.05) is 32.2 Å². The van der Waals surface area contributed by atoms with Crippen LogP contribution in [0.15, 0.2) is 18.5 Å². The molecule has 1 saturated heterocycles. The summed E-state index contributed by atoms with van der Waals surface area (Å²) in [4.78, 5) is 6.10. The molecule has 0 atom stereocenters. The number of halogens is 3. The molecule has 0 amide bonds. The van der Waals surface area contributed by atoms with Gasteiger partial charge in [-0.2, -0.15) is 18.3 Å². The van der Waals surface area contributed by atoms with E-state index < -0.39 is 11.9 Å². The van der Waals surface area contributed by atoms with Crippen LogP contribution in [-0.2, 0) is 6.18 Å². The quantitative estimate of drug-likeness (QED) is 0.845. The largest absolute Gasteiger partial charge is 0.435 e. The van der Waals surface area contributed by atoms with Crippen LogP contribution in [0.5, 0.6) is 0 Å². The smallest absolute Gasteiger partial charge is 0.366 e. The van der Waals surface area contributed by atoms with Gasteiger partial charge in [0.05, 0.1) is 18.1 Å². The highest BCUT2D eigenvalue weighted by Crippen LogP contribution is 2.28. The fraction of sp³-hybridized carbons (Fsp3) is 0.455. The minimum atomic E-state index is -4.44. The minimum absolute atomic E-state index is 0.200. The number of rotatable bonds is 1. The molecule has 102 valence electrons. The first-order valence-electron chi connectivity index (χ1n) is 5.92. The number of aromatic nitrogens is 3. The Bertz CT molecular complexity index is 586. The molecule has 0 aliphatic carbocycles. The summed E-state index contributed by atoms with van der Waals surface area (Å²) in [6.07, 6.45) is -1.27. The Kier molecular flexibility index (Phi) is 2.81. The van der Waals surface area contributed by atoms with Gasteiger partial charge in [-0.05, 0) is 0 Å². The Balaban J connectivity index is 1.96. The van der Waals surface area contributed by atoms with Crippen molar-refractivity contribution in [1.82, 2.24) is 19.9 Å². The Morgan fingerprint density at radius 1 is 1.21 bits per heavy atom. The second-order valence-electron chi connectivity index (χ2n) is 4.38. The fourth-order valence-corrected chi connectivity index (χ4v) is 2.09. The van der Waals surface area contributed by atoms with Gasteiger partial charge in [0.25, 0.3) is 0 Å². The van der Waals surface area contributed by atoms with E-state index >= 15 is 0 Å². The van der Waals surface area contributed by atoms with E-state index in [1.165, 1.54) is 4.52 Å². The monoisotopic (exact) mass is 271 g/mol. The molecule has 2 aromatic heterocycles. The summed E-state index contributed by atoms with van der Waals surface area (Å²) in [6, 6.07) is 0.946. The predicted molar refractivity (Wildman–Crippen MR) is 63.1 cm³/mol. The van der Waals surface area contributed by atoms with E-state index in [-0.39, 0.29) is 5.65 Å². The lowest BCUT2D eigenvalue weighted by Crippen LogP contribution is -2.43. The molecule has 0 spiro atoms. The van der Waals surface area contributed by atoms with Crippen molar-refractivity contribution in [3.05, 3.63) is 24.2 Å². The van der Waals surface area contributed by atoms with Crippen molar-refractivity contribution < 1.29 is 13.2 Å².